The van der Waals surface area contributed by atoms with Gasteiger partial charge in [-0.2, -0.15) is 0 Å². The summed E-state index contributed by atoms with van der Waals surface area (Å²) in [6.45, 7) is 3.20. The van der Waals surface area contributed by atoms with Crippen molar-refractivity contribution in [3.8, 4) is 10.6 Å². The highest BCUT2D eigenvalue weighted by Crippen LogP contribution is 2.29. The molecule has 1 amide bonds. The molecule has 0 unspecified atom stereocenters. The molecule has 172 valence electrons. The molecule has 3 aromatic heterocycles. The standard InChI is InChI=1S/C24H26N4O2S3/c1-16-26-20(15-32-16)21-11-10-17(33-21)12-13-25-22(29)9-3-2-6-14-28-23(30)18-7-4-5-8-19(18)27-24(28)31/h4-5,7-8,10-11,15H,2-3,6,9,12-14H2,1H3,(H,25,29)(H,27,31). The fraction of sp³-hybridized carbons (Fsp3) is 0.333. The predicted octanol–water partition coefficient (Wildman–Crippen LogP) is 5.47. The number of nitrogens with one attached hydrogen (secondary N) is 2. The highest BCUT2D eigenvalue weighted by atomic mass is 32.1. The van der Waals surface area contributed by atoms with Gasteiger partial charge >= 0.3 is 0 Å². The highest BCUT2D eigenvalue weighted by Gasteiger charge is 2.08. The third kappa shape index (κ3) is 6.04. The second-order valence-electron chi connectivity index (χ2n) is 7.86. The number of thiophene rings is 1. The summed E-state index contributed by atoms with van der Waals surface area (Å²) < 4.78 is 2.05. The normalized spacial score (nSPS) is 11.2. The van der Waals surface area contributed by atoms with Gasteiger partial charge in [0.15, 0.2) is 4.77 Å². The molecule has 0 spiro atoms. The minimum atomic E-state index is -0.0614. The lowest BCUT2D eigenvalue weighted by molar-refractivity contribution is -0.121. The molecule has 0 saturated heterocycles. The maximum Gasteiger partial charge on any atom is 0.262 e. The van der Waals surface area contributed by atoms with Crippen molar-refractivity contribution < 1.29 is 4.79 Å². The summed E-state index contributed by atoms with van der Waals surface area (Å²) in [5.41, 5.74) is 1.73. The number of amides is 1. The summed E-state index contributed by atoms with van der Waals surface area (Å²) in [6, 6.07) is 11.6. The number of carbonyl (C=O) groups excluding carboxylic acids is 1. The Labute approximate surface area is 205 Å². The van der Waals surface area contributed by atoms with Crippen molar-refractivity contribution in [2.45, 2.75) is 45.6 Å². The van der Waals surface area contributed by atoms with Crippen LogP contribution < -0.4 is 10.9 Å². The number of H-pyrrole nitrogens is 1. The van der Waals surface area contributed by atoms with Crippen molar-refractivity contribution >= 4 is 51.7 Å². The Morgan fingerprint density at radius 1 is 1.18 bits per heavy atom. The van der Waals surface area contributed by atoms with Crippen LogP contribution in [0.2, 0.25) is 0 Å². The van der Waals surface area contributed by atoms with Crippen molar-refractivity contribution in [3.63, 3.8) is 0 Å². The molecule has 0 bridgehead atoms. The van der Waals surface area contributed by atoms with E-state index >= 15 is 0 Å². The van der Waals surface area contributed by atoms with Crippen LogP contribution >= 0.6 is 34.9 Å². The van der Waals surface area contributed by atoms with Crippen LogP contribution in [0.4, 0.5) is 0 Å². The van der Waals surface area contributed by atoms with Gasteiger partial charge in [-0.15, -0.1) is 22.7 Å². The third-order valence-electron chi connectivity index (χ3n) is 5.40. The van der Waals surface area contributed by atoms with E-state index < -0.39 is 0 Å². The molecule has 0 aliphatic rings. The number of benzene rings is 1. The van der Waals surface area contributed by atoms with Crippen LogP contribution in [-0.4, -0.2) is 27.0 Å². The quantitative estimate of drug-likeness (QED) is 0.224. The van der Waals surface area contributed by atoms with E-state index in [0.717, 1.165) is 41.9 Å². The molecule has 1 aromatic carbocycles. The Morgan fingerprint density at radius 3 is 2.85 bits per heavy atom. The lowest BCUT2D eigenvalue weighted by atomic mass is 10.2. The average Bonchev–Trinajstić information content (AvgIpc) is 3.44. The highest BCUT2D eigenvalue weighted by molar-refractivity contribution is 7.71. The summed E-state index contributed by atoms with van der Waals surface area (Å²) in [5.74, 6) is 0.0714. The monoisotopic (exact) mass is 498 g/mol. The summed E-state index contributed by atoms with van der Waals surface area (Å²) in [7, 11) is 0. The number of aromatic nitrogens is 3. The Morgan fingerprint density at radius 2 is 2.03 bits per heavy atom. The number of hydrogen-bond acceptors (Lipinski definition) is 6. The predicted molar refractivity (Wildman–Crippen MR) is 139 cm³/mol. The number of aromatic amines is 1. The van der Waals surface area contributed by atoms with E-state index in [4.69, 9.17) is 12.2 Å². The molecular formula is C24H26N4O2S3. The molecule has 2 N–H and O–H groups in total. The van der Waals surface area contributed by atoms with E-state index in [1.54, 1.807) is 33.3 Å². The number of thiazole rings is 1. The Hall–Kier alpha value is -2.62. The van der Waals surface area contributed by atoms with Gasteiger partial charge in [0.05, 0.1) is 26.5 Å². The topological polar surface area (TPSA) is 79.8 Å². The summed E-state index contributed by atoms with van der Waals surface area (Å²) in [5, 5.41) is 6.80. The number of fused-ring (bicyclic) bond motifs is 1. The SMILES string of the molecule is Cc1nc(-c2ccc(CCNC(=O)CCCCCn3c(=S)[nH]c4ccccc4c3=O)s2)cs1. The van der Waals surface area contributed by atoms with Gasteiger partial charge in [-0.05, 0) is 62.7 Å². The Kier molecular flexibility index (Phi) is 7.85. The summed E-state index contributed by atoms with van der Waals surface area (Å²) >= 11 is 8.73. The first-order valence-electron chi connectivity index (χ1n) is 11.0. The zero-order chi connectivity index (χ0) is 23.2. The van der Waals surface area contributed by atoms with Crippen molar-refractivity contribution in [3.05, 3.63) is 66.8 Å². The second kappa shape index (κ2) is 11.0. The smallest absolute Gasteiger partial charge is 0.262 e. The maximum atomic E-state index is 12.6. The first kappa shape index (κ1) is 23.5. The average molecular weight is 499 g/mol. The van der Waals surface area contributed by atoms with Crippen molar-refractivity contribution in [2.75, 3.05) is 6.54 Å². The molecular weight excluding hydrogens is 472 g/mol. The molecule has 4 rings (SSSR count). The molecule has 4 aromatic rings. The van der Waals surface area contributed by atoms with Gasteiger partial charge in [0.25, 0.3) is 5.56 Å². The van der Waals surface area contributed by atoms with Crippen LogP contribution in [-0.2, 0) is 17.8 Å². The molecule has 0 atom stereocenters. The van der Waals surface area contributed by atoms with Gasteiger partial charge in [-0.3, -0.25) is 14.2 Å². The van der Waals surface area contributed by atoms with Gasteiger partial charge in [0.1, 0.15) is 0 Å². The first-order chi connectivity index (χ1) is 16.0. The molecule has 0 fully saturated rings. The van der Waals surface area contributed by atoms with Crippen molar-refractivity contribution in [2.24, 2.45) is 0 Å². The lowest BCUT2D eigenvalue weighted by Gasteiger charge is -2.08. The second-order valence-corrected chi connectivity index (χ2v) is 10.5. The minimum Gasteiger partial charge on any atom is -0.356 e. The zero-order valence-electron chi connectivity index (χ0n) is 18.4. The molecule has 0 saturated carbocycles. The van der Waals surface area contributed by atoms with E-state index in [0.29, 0.717) is 29.7 Å². The molecule has 0 aliphatic heterocycles. The fourth-order valence-corrected chi connectivity index (χ4v) is 5.61. The van der Waals surface area contributed by atoms with Gasteiger partial charge < -0.3 is 10.3 Å². The summed E-state index contributed by atoms with van der Waals surface area (Å²) in [4.78, 5) is 34.9. The fourth-order valence-electron chi connectivity index (χ4n) is 3.67. The van der Waals surface area contributed by atoms with E-state index in [2.05, 4.69) is 32.8 Å². The number of para-hydroxylation sites is 1. The van der Waals surface area contributed by atoms with Crippen molar-refractivity contribution in [1.29, 1.82) is 0 Å². The van der Waals surface area contributed by atoms with Crippen LogP contribution in [0.15, 0.2) is 46.6 Å². The van der Waals surface area contributed by atoms with Crippen LogP contribution in [0.3, 0.4) is 0 Å². The van der Waals surface area contributed by atoms with E-state index in [-0.39, 0.29) is 11.5 Å². The van der Waals surface area contributed by atoms with Crippen LogP contribution in [0.1, 0.15) is 35.6 Å². The molecule has 0 aliphatic carbocycles. The minimum absolute atomic E-state index is 0.0614. The molecule has 3 heterocycles. The number of rotatable bonds is 10. The van der Waals surface area contributed by atoms with Gasteiger partial charge in [0.2, 0.25) is 5.91 Å². The van der Waals surface area contributed by atoms with E-state index in [9.17, 15) is 9.59 Å². The summed E-state index contributed by atoms with van der Waals surface area (Å²) in [6.07, 6.45) is 3.77. The largest absolute Gasteiger partial charge is 0.356 e. The third-order valence-corrected chi connectivity index (χ3v) is 7.67. The Bertz CT molecular complexity index is 1370. The molecule has 9 heteroatoms. The first-order valence-corrected chi connectivity index (χ1v) is 13.1. The van der Waals surface area contributed by atoms with Crippen LogP contribution in [0, 0.1) is 11.7 Å². The molecule has 33 heavy (non-hydrogen) atoms. The van der Waals surface area contributed by atoms with Gasteiger partial charge in [-0.1, -0.05) is 18.6 Å². The number of carbonyl (C=O) groups is 1. The van der Waals surface area contributed by atoms with E-state index in [1.165, 1.54) is 9.75 Å². The molecule has 6 nitrogen and oxygen atoms in total. The maximum absolute atomic E-state index is 12.6. The zero-order valence-corrected chi connectivity index (χ0v) is 20.9. The number of aryl methyl sites for hydroxylation is 1. The lowest BCUT2D eigenvalue weighted by Crippen LogP contribution is -2.25. The van der Waals surface area contributed by atoms with E-state index in [1.807, 2.05) is 25.1 Å². The number of nitrogens with zero attached hydrogens (tertiary/aromatic N) is 2. The Balaban J connectivity index is 1.16. The van der Waals surface area contributed by atoms with Crippen molar-refractivity contribution in [1.82, 2.24) is 19.9 Å². The van der Waals surface area contributed by atoms with Gasteiger partial charge in [-0.25, -0.2) is 4.98 Å². The molecule has 0 radical (unpaired) electrons. The number of unbranched alkanes of at least 4 members (excludes halogenated alkanes) is 2. The van der Waals surface area contributed by atoms with Crippen LogP contribution in [0.25, 0.3) is 21.5 Å². The van der Waals surface area contributed by atoms with Crippen LogP contribution in [0.5, 0.6) is 0 Å². The number of hydrogen-bond donors (Lipinski definition) is 2. The van der Waals surface area contributed by atoms with Gasteiger partial charge in [0, 0.05) is 29.8 Å².